The second-order valence-electron chi connectivity index (χ2n) is 7.10. The molecule has 1 saturated heterocycles. The molecule has 1 aliphatic heterocycles. The molecule has 0 spiro atoms. The molecule has 2 atom stereocenters. The molecule has 1 aromatic carbocycles. The summed E-state index contributed by atoms with van der Waals surface area (Å²) >= 11 is 0. The van der Waals surface area contributed by atoms with Gasteiger partial charge in [0.05, 0.1) is 23.6 Å². The molecular formula is C21H28N4O2. The topological polar surface area (TPSA) is 57.7 Å². The first-order chi connectivity index (χ1) is 13.0. The summed E-state index contributed by atoms with van der Waals surface area (Å²) in [6, 6.07) is 13.7. The van der Waals surface area contributed by atoms with Gasteiger partial charge in [-0.1, -0.05) is 18.2 Å². The number of benzene rings is 1. The third-order valence-electron chi connectivity index (χ3n) is 4.68. The van der Waals surface area contributed by atoms with E-state index in [0.717, 1.165) is 36.6 Å². The Hall–Kier alpha value is -2.60. The van der Waals surface area contributed by atoms with Gasteiger partial charge in [0.2, 0.25) is 0 Å². The normalized spacial score (nSPS) is 19.6. The minimum Gasteiger partial charge on any atom is -0.372 e. The predicted molar refractivity (Wildman–Crippen MR) is 108 cm³/mol. The number of carbonyl (C=O) groups excluding carboxylic acids is 1. The van der Waals surface area contributed by atoms with Crippen molar-refractivity contribution in [2.24, 2.45) is 0 Å². The molecule has 144 valence electrons. The van der Waals surface area contributed by atoms with Crippen LogP contribution in [0.2, 0.25) is 0 Å². The number of likely N-dealkylation sites (N-methyl/N-ethyl adjacent to an activating group) is 1. The van der Waals surface area contributed by atoms with Crippen LogP contribution in [0.4, 0.5) is 16.2 Å². The molecule has 27 heavy (non-hydrogen) atoms. The van der Waals surface area contributed by atoms with E-state index in [2.05, 4.69) is 29.0 Å². The van der Waals surface area contributed by atoms with Gasteiger partial charge in [-0.25, -0.2) is 4.79 Å². The van der Waals surface area contributed by atoms with Crippen molar-refractivity contribution >= 4 is 17.4 Å². The third-order valence-corrected chi connectivity index (χ3v) is 4.68. The van der Waals surface area contributed by atoms with Crippen LogP contribution in [0, 0.1) is 0 Å². The van der Waals surface area contributed by atoms with Gasteiger partial charge < -0.3 is 19.9 Å². The van der Waals surface area contributed by atoms with Crippen LogP contribution >= 0.6 is 0 Å². The highest BCUT2D eigenvalue weighted by Gasteiger charge is 2.24. The zero-order chi connectivity index (χ0) is 19.2. The fourth-order valence-electron chi connectivity index (χ4n) is 3.37. The van der Waals surface area contributed by atoms with E-state index >= 15 is 0 Å². The highest BCUT2D eigenvalue weighted by Crippen LogP contribution is 2.28. The van der Waals surface area contributed by atoms with Gasteiger partial charge in [-0.3, -0.25) is 4.98 Å². The number of urea groups is 1. The van der Waals surface area contributed by atoms with Crippen molar-refractivity contribution in [1.82, 2.24) is 9.88 Å². The number of para-hydroxylation sites is 2. The SMILES string of the molecule is CC1CN(c2ccccc2NC(=O)N(C)CCc2ccccn2)CC(C)O1. The Bertz CT molecular complexity index is 743. The van der Waals surface area contributed by atoms with E-state index in [0.29, 0.717) is 6.54 Å². The zero-order valence-corrected chi connectivity index (χ0v) is 16.3. The van der Waals surface area contributed by atoms with Crippen LogP contribution in [-0.4, -0.2) is 54.8 Å². The van der Waals surface area contributed by atoms with Crippen LogP contribution in [0.1, 0.15) is 19.5 Å². The van der Waals surface area contributed by atoms with Crippen LogP contribution in [0.15, 0.2) is 48.7 Å². The van der Waals surface area contributed by atoms with Crippen molar-refractivity contribution in [2.75, 3.05) is 36.9 Å². The van der Waals surface area contributed by atoms with Crippen molar-refractivity contribution in [1.29, 1.82) is 0 Å². The average molecular weight is 368 g/mol. The maximum atomic E-state index is 12.6. The Kier molecular flexibility index (Phi) is 6.29. The Morgan fingerprint density at radius 1 is 1.19 bits per heavy atom. The fraction of sp³-hybridized carbons (Fsp3) is 0.429. The third kappa shape index (κ3) is 5.20. The van der Waals surface area contributed by atoms with Crippen molar-refractivity contribution in [3.05, 3.63) is 54.4 Å². The fourth-order valence-corrected chi connectivity index (χ4v) is 3.37. The van der Waals surface area contributed by atoms with Crippen LogP contribution in [0.5, 0.6) is 0 Å². The molecule has 3 rings (SSSR count). The maximum absolute atomic E-state index is 12.6. The number of pyridine rings is 1. The Labute approximate surface area is 161 Å². The lowest BCUT2D eigenvalue weighted by atomic mass is 10.1. The molecule has 1 aromatic heterocycles. The second kappa shape index (κ2) is 8.86. The first-order valence-corrected chi connectivity index (χ1v) is 9.44. The summed E-state index contributed by atoms with van der Waals surface area (Å²) in [6.07, 6.45) is 2.83. The highest BCUT2D eigenvalue weighted by molar-refractivity contribution is 5.93. The van der Waals surface area contributed by atoms with E-state index < -0.39 is 0 Å². The van der Waals surface area contributed by atoms with E-state index in [4.69, 9.17) is 4.74 Å². The molecule has 1 aliphatic rings. The summed E-state index contributed by atoms with van der Waals surface area (Å²) in [6.45, 7) is 6.39. The molecule has 0 bridgehead atoms. The van der Waals surface area contributed by atoms with Crippen LogP contribution in [-0.2, 0) is 11.2 Å². The van der Waals surface area contributed by atoms with Gasteiger partial charge in [-0.05, 0) is 38.1 Å². The van der Waals surface area contributed by atoms with Crippen LogP contribution in [0.25, 0.3) is 0 Å². The minimum atomic E-state index is -0.118. The van der Waals surface area contributed by atoms with E-state index in [9.17, 15) is 4.79 Å². The van der Waals surface area contributed by atoms with Gasteiger partial charge in [0.1, 0.15) is 0 Å². The Balaban J connectivity index is 1.63. The summed E-state index contributed by atoms with van der Waals surface area (Å²) in [4.78, 5) is 20.9. The number of carbonyl (C=O) groups is 1. The van der Waals surface area contributed by atoms with Crippen molar-refractivity contribution in [2.45, 2.75) is 32.5 Å². The van der Waals surface area contributed by atoms with Gasteiger partial charge in [0.15, 0.2) is 0 Å². The molecule has 0 radical (unpaired) electrons. The lowest BCUT2D eigenvalue weighted by molar-refractivity contribution is -0.00517. The first-order valence-electron chi connectivity index (χ1n) is 9.44. The average Bonchev–Trinajstić information content (AvgIpc) is 2.66. The van der Waals surface area contributed by atoms with Gasteiger partial charge >= 0.3 is 6.03 Å². The summed E-state index contributed by atoms with van der Waals surface area (Å²) in [5.74, 6) is 0. The molecule has 6 heteroatoms. The standard InChI is InChI=1S/C21H28N4O2/c1-16-14-25(15-17(2)27-16)20-10-5-4-9-19(20)23-21(26)24(3)13-11-18-8-6-7-12-22-18/h4-10,12,16-17H,11,13-15H2,1-3H3,(H,23,26). The number of rotatable bonds is 5. The summed E-state index contributed by atoms with van der Waals surface area (Å²) in [7, 11) is 1.81. The summed E-state index contributed by atoms with van der Waals surface area (Å²) in [5.41, 5.74) is 2.84. The van der Waals surface area contributed by atoms with Gasteiger partial charge in [0.25, 0.3) is 0 Å². The van der Waals surface area contributed by atoms with E-state index in [1.54, 1.807) is 18.1 Å². The van der Waals surface area contributed by atoms with E-state index in [1.165, 1.54) is 0 Å². The molecule has 1 fully saturated rings. The number of anilines is 2. The number of amides is 2. The van der Waals surface area contributed by atoms with Gasteiger partial charge in [-0.2, -0.15) is 0 Å². The Morgan fingerprint density at radius 2 is 1.89 bits per heavy atom. The molecule has 2 amide bonds. The second-order valence-corrected chi connectivity index (χ2v) is 7.10. The van der Waals surface area contributed by atoms with Crippen molar-refractivity contribution in [3.8, 4) is 0 Å². The number of ether oxygens (including phenoxy) is 1. The number of morpholine rings is 1. The monoisotopic (exact) mass is 368 g/mol. The molecule has 0 saturated carbocycles. The minimum absolute atomic E-state index is 0.118. The van der Waals surface area contributed by atoms with E-state index in [-0.39, 0.29) is 18.2 Å². The number of nitrogens with one attached hydrogen (secondary N) is 1. The molecule has 1 N–H and O–H groups in total. The van der Waals surface area contributed by atoms with Crippen LogP contribution in [0.3, 0.4) is 0 Å². The lowest BCUT2D eigenvalue weighted by Gasteiger charge is -2.37. The number of nitrogens with zero attached hydrogens (tertiary/aromatic N) is 3. The largest absolute Gasteiger partial charge is 0.372 e. The predicted octanol–water partition coefficient (Wildman–Crippen LogP) is 3.40. The molecule has 2 aromatic rings. The van der Waals surface area contributed by atoms with Crippen molar-refractivity contribution < 1.29 is 9.53 Å². The number of aromatic nitrogens is 1. The zero-order valence-electron chi connectivity index (χ0n) is 16.3. The first kappa shape index (κ1) is 19.2. The highest BCUT2D eigenvalue weighted by atomic mass is 16.5. The molecular weight excluding hydrogens is 340 g/mol. The van der Waals surface area contributed by atoms with Gasteiger partial charge in [-0.15, -0.1) is 0 Å². The number of hydrogen-bond acceptors (Lipinski definition) is 4. The molecule has 2 heterocycles. The van der Waals surface area contributed by atoms with E-state index in [1.807, 2.05) is 42.5 Å². The molecule has 2 unspecified atom stereocenters. The van der Waals surface area contributed by atoms with Gasteiger partial charge in [0, 0.05) is 45.0 Å². The van der Waals surface area contributed by atoms with Crippen molar-refractivity contribution in [3.63, 3.8) is 0 Å². The summed E-state index contributed by atoms with van der Waals surface area (Å²) < 4.78 is 5.83. The maximum Gasteiger partial charge on any atom is 0.321 e. The lowest BCUT2D eigenvalue weighted by Crippen LogP contribution is -2.46. The summed E-state index contributed by atoms with van der Waals surface area (Å²) in [5, 5.41) is 3.06. The molecule has 0 aliphatic carbocycles. The smallest absolute Gasteiger partial charge is 0.321 e. The van der Waals surface area contributed by atoms with Crippen LogP contribution < -0.4 is 10.2 Å². The quantitative estimate of drug-likeness (QED) is 0.879. The Morgan fingerprint density at radius 3 is 2.59 bits per heavy atom. The number of hydrogen-bond donors (Lipinski definition) is 1. The molecule has 6 nitrogen and oxygen atoms in total.